The van der Waals surface area contributed by atoms with E-state index < -0.39 is 16.4 Å². The van der Waals surface area contributed by atoms with E-state index in [0.717, 1.165) is 12.8 Å². The van der Waals surface area contributed by atoms with Gasteiger partial charge in [0.2, 0.25) is 0 Å². The summed E-state index contributed by atoms with van der Waals surface area (Å²) in [7, 11) is -4.67. The fourth-order valence-electron chi connectivity index (χ4n) is 1.23. The van der Waals surface area contributed by atoms with Gasteiger partial charge >= 0.3 is 16.4 Å². The highest BCUT2D eigenvalue weighted by atomic mass is 32.3. The topological polar surface area (TPSA) is 182 Å². The van der Waals surface area contributed by atoms with E-state index in [-0.39, 0.29) is 12.3 Å². The molecule has 0 spiro atoms. The summed E-state index contributed by atoms with van der Waals surface area (Å²) in [6.45, 7) is 2.20. The summed E-state index contributed by atoms with van der Waals surface area (Å²) in [6.07, 6.45) is 8.64. The number of unbranched alkanes of at least 4 members (excludes halogenated alkanes) is 6. The van der Waals surface area contributed by atoms with Gasteiger partial charge in [-0.05, 0) is 6.42 Å². The Hall–Kier alpha value is -0.740. The minimum Gasteiger partial charge on any atom is -0.481 e. The van der Waals surface area contributed by atoms with Crippen molar-refractivity contribution in [3.8, 4) is 0 Å². The average molecular weight is 304 g/mol. The van der Waals surface area contributed by atoms with Crippen LogP contribution in [-0.4, -0.2) is 28.6 Å². The van der Waals surface area contributed by atoms with Gasteiger partial charge in [-0.25, -0.2) is 0 Å². The van der Waals surface area contributed by atoms with Gasteiger partial charge in [0.1, 0.15) is 0 Å². The highest BCUT2D eigenvalue weighted by Gasteiger charge is 1.95. The first-order chi connectivity index (χ1) is 7.77. The standard InChI is InChI=1S/C10H20O2.2H3N.H2O4S/c1-2-3-4-5-6-7-8-9-10(11)12;;;1-5(2,3)4/h2-9H2,1H3,(H,11,12);2*1H3;(H2,1,2,3,4). The van der Waals surface area contributed by atoms with Crippen LogP contribution in [0.25, 0.3) is 0 Å². The van der Waals surface area contributed by atoms with Crippen LogP contribution in [0.4, 0.5) is 0 Å². The van der Waals surface area contributed by atoms with Crippen molar-refractivity contribution in [2.75, 3.05) is 0 Å². The molecule has 0 aliphatic carbocycles. The molecule has 0 saturated heterocycles. The molecule has 0 aromatic rings. The molecule has 0 aromatic heterocycles. The highest BCUT2D eigenvalue weighted by Crippen LogP contribution is 2.07. The second kappa shape index (κ2) is 17.3. The summed E-state index contributed by atoms with van der Waals surface area (Å²) in [5.41, 5.74) is 0. The van der Waals surface area contributed by atoms with Gasteiger partial charge in [-0.15, -0.1) is 0 Å². The van der Waals surface area contributed by atoms with Crippen LogP contribution in [0, 0.1) is 0 Å². The van der Waals surface area contributed by atoms with E-state index >= 15 is 0 Å². The van der Waals surface area contributed by atoms with Gasteiger partial charge in [0, 0.05) is 6.42 Å². The quantitative estimate of drug-likeness (QED) is 0.335. The SMILES string of the molecule is CCCCCCCCCC(=O)O.N.N.O=S(=O)(O)O. The molecule has 0 aromatic carbocycles. The minimum absolute atomic E-state index is 0. The van der Waals surface area contributed by atoms with Crippen LogP contribution in [0.15, 0.2) is 0 Å². The number of hydrogen-bond acceptors (Lipinski definition) is 5. The Morgan fingerprint density at radius 2 is 1.21 bits per heavy atom. The summed E-state index contributed by atoms with van der Waals surface area (Å²) >= 11 is 0. The van der Waals surface area contributed by atoms with Crippen molar-refractivity contribution in [3.63, 3.8) is 0 Å². The molecule has 0 aliphatic heterocycles. The monoisotopic (exact) mass is 304 g/mol. The second-order valence-electron chi connectivity index (χ2n) is 3.71. The van der Waals surface area contributed by atoms with Crippen LogP contribution in [0.5, 0.6) is 0 Å². The van der Waals surface area contributed by atoms with Gasteiger partial charge in [0.25, 0.3) is 0 Å². The zero-order chi connectivity index (χ0) is 13.7. The Labute approximate surface area is 115 Å². The van der Waals surface area contributed by atoms with E-state index in [9.17, 15) is 4.79 Å². The van der Waals surface area contributed by atoms with Crippen molar-refractivity contribution in [3.05, 3.63) is 0 Å². The Bertz CT molecular complexity index is 274. The van der Waals surface area contributed by atoms with Gasteiger partial charge in [-0.1, -0.05) is 45.4 Å². The van der Waals surface area contributed by atoms with Crippen molar-refractivity contribution >= 4 is 16.4 Å². The molecule has 0 rings (SSSR count). The van der Waals surface area contributed by atoms with E-state index in [1.54, 1.807) is 0 Å². The molecule has 0 atom stereocenters. The molecule has 0 aliphatic rings. The van der Waals surface area contributed by atoms with Crippen LogP contribution < -0.4 is 12.3 Å². The Balaban J connectivity index is -0.000000139. The largest absolute Gasteiger partial charge is 0.481 e. The molecule has 19 heavy (non-hydrogen) atoms. The van der Waals surface area contributed by atoms with Crippen LogP contribution in [0.2, 0.25) is 0 Å². The molecule has 0 saturated carbocycles. The highest BCUT2D eigenvalue weighted by molar-refractivity contribution is 7.79. The lowest BCUT2D eigenvalue weighted by atomic mass is 10.1. The molecule has 0 amide bonds. The molecule has 8 nitrogen and oxygen atoms in total. The maximum absolute atomic E-state index is 10.1. The molecule has 0 radical (unpaired) electrons. The first-order valence-electron chi connectivity index (χ1n) is 5.69. The van der Waals surface area contributed by atoms with Gasteiger partial charge in [0.05, 0.1) is 0 Å². The van der Waals surface area contributed by atoms with Crippen molar-refractivity contribution in [2.45, 2.75) is 58.3 Å². The number of rotatable bonds is 8. The molecule has 0 heterocycles. The third-order valence-corrected chi connectivity index (χ3v) is 1.99. The lowest BCUT2D eigenvalue weighted by Gasteiger charge is -1.98. The zero-order valence-electron chi connectivity index (χ0n) is 11.5. The summed E-state index contributed by atoms with van der Waals surface area (Å²) in [5, 5.41) is 8.35. The average Bonchev–Trinajstić information content (AvgIpc) is 2.13. The maximum Gasteiger partial charge on any atom is 0.394 e. The first-order valence-corrected chi connectivity index (χ1v) is 7.08. The minimum atomic E-state index is -4.67. The van der Waals surface area contributed by atoms with Gasteiger partial charge in [0.15, 0.2) is 0 Å². The van der Waals surface area contributed by atoms with Crippen LogP contribution in [0.1, 0.15) is 58.3 Å². The normalized spacial score (nSPS) is 9.42. The fraction of sp³-hybridized carbons (Fsp3) is 0.900. The lowest BCUT2D eigenvalue weighted by Crippen LogP contribution is -1.93. The first kappa shape index (κ1) is 26.8. The Kier molecular flexibility index (Phi) is 24.3. The third kappa shape index (κ3) is 58.9. The van der Waals surface area contributed by atoms with E-state index in [1.807, 2.05) is 0 Å². The van der Waals surface area contributed by atoms with E-state index in [1.165, 1.54) is 32.1 Å². The van der Waals surface area contributed by atoms with Crippen molar-refractivity contribution < 1.29 is 27.4 Å². The lowest BCUT2D eigenvalue weighted by molar-refractivity contribution is -0.137. The second-order valence-corrected chi connectivity index (χ2v) is 4.61. The molecule has 0 fully saturated rings. The third-order valence-electron chi connectivity index (χ3n) is 1.99. The molecular formula is C10H28N2O6S. The van der Waals surface area contributed by atoms with Crippen LogP contribution in [0.3, 0.4) is 0 Å². The van der Waals surface area contributed by atoms with Crippen molar-refractivity contribution in [1.82, 2.24) is 12.3 Å². The molecule has 9 N–H and O–H groups in total. The van der Waals surface area contributed by atoms with Gasteiger partial charge < -0.3 is 17.4 Å². The van der Waals surface area contributed by atoms with Gasteiger partial charge in [-0.2, -0.15) is 8.42 Å². The number of aliphatic carboxylic acids is 1. The summed E-state index contributed by atoms with van der Waals surface area (Å²) in [4.78, 5) is 10.1. The molecule has 120 valence electrons. The smallest absolute Gasteiger partial charge is 0.394 e. The number of carboxylic acid groups (broad SMARTS) is 1. The van der Waals surface area contributed by atoms with Crippen molar-refractivity contribution in [2.24, 2.45) is 0 Å². The molecule has 9 heteroatoms. The number of hydrogen-bond donors (Lipinski definition) is 5. The summed E-state index contributed by atoms with van der Waals surface area (Å²) in [5.74, 6) is -0.663. The number of carboxylic acids is 1. The van der Waals surface area contributed by atoms with Crippen molar-refractivity contribution in [1.29, 1.82) is 0 Å². The maximum atomic E-state index is 10.1. The van der Waals surface area contributed by atoms with Gasteiger partial charge in [-0.3, -0.25) is 13.9 Å². The Morgan fingerprint density at radius 3 is 1.53 bits per heavy atom. The van der Waals surface area contributed by atoms with Crippen LogP contribution >= 0.6 is 0 Å². The van der Waals surface area contributed by atoms with Crippen LogP contribution in [-0.2, 0) is 15.2 Å². The fourth-order valence-corrected chi connectivity index (χ4v) is 1.23. The van der Waals surface area contributed by atoms with E-state index in [2.05, 4.69) is 6.92 Å². The summed E-state index contributed by atoms with van der Waals surface area (Å²) < 4.78 is 31.6. The zero-order valence-corrected chi connectivity index (χ0v) is 12.4. The number of carbonyl (C=O) groups is 1. The van der Waals surface area contributed by atoms with E-state index in [0.29, 0.717) is 6.42 Å². The molecular weight excluding hydrogens is 276 g/mol. The predicted molar refractivity (Wildman–Crippen MR) is 74.5 cm³/mol. The summed E-state index contributed by atoms with van der Waals surface area (Å²) in [6, 6.07) is 0. The predicted octanol–water partition coefficient (Wildman–Crippen LogP) is 2.88. The molecule has 0 unspecified atom stereocenters. The Morgan fingerprint density at radius 1 is 0.895 bits per heavy atom. The molecule has 0 bridgehead atoms. The van der Waals surface area contributed by atoms with E-state index in [4.69, 9.17) is 22.6 Å².